The molecule has 0 amide bonds. The number of hydrogen-bond acceptors (Lipinski definition) is 4. The lowest BCUT2D eigenvalue weighted by Crippen LogP contribution is -2.17. The molecule has 1 unspecified atom stereocenters. The SMILES string of the molecule is CNc1nc(C2CCc3ccccc3C2)nc2c1CSC2. The lowest BCUT2D eigenvalue weighted by atomic mass is 9.83. The van der Waals surface area contributed by atoms with Gasteiger partial charge in [0.2, 0.25) is 0 Å². The molecule has 21 heavy (non-hydrogen) atoms. The minimum absolute atomic E-state index is 0.461. The maximum Gasteiger partial charge on any atom is 0.134 e. The predicted octanol–water partition coefficient (Wildman–Crippen LogP) is 3.54. The summed E-state index contributed by atoms with van der Waals surface area (Å²) in [4.78, 5) is 9.71. The van der Waals surface area contributed by atoms with Crippen molar-refractivity contribution in [3.63, 3.8) is 0 Å². The number of aryl methyl sites for hydroxylation is 1. The Morgan fingerprint density at radius 1 is 1.14 bits per heavy atom. The zero-order valence-corrected chi connectivity index (χ0v) is 13.0. The molecule has 3 nitrogen and oxygen atoms in total. The van der Waals surface area contributed by atoms with Crippen LogP contribution < -0.4 is 5.32 Å². The normalized spacial score (nSPS) is 20.0. The van der Waals surface area contributed by atoms with Crippen LogP contribution in [0.2, 0.25) is 0 Å². The van der Waals surface area contributed by atoms with E-state index in [9.17, 15) is 0 Å². The lowest BCUT2D eigenvalue weighted by Gasteiger charge is -2.24. The summed E-state index contributed by atoms with van der Waals surface area (Å²) < 4.78 is 0. The van der Waals surface area contributed by atoms with Gasteiger partial charge in [0.05, 0.1) is 5.69 Å². The second kappa shape index (κ2) is 5.34. The molecule has 0 saturated carbocycles. The van der Waals surface area contributed by atoms with Gasteiger partial charge < -0.3 is 5.32 Å². The Kier molecular flexibility index (Phi) is 3.34. The maximum absolute atomic E-state index is 4.89. The first-order valence-electron chi connectivity index (χ1n) is 7.57. The largest absolute Gasteiger partial charge is 0.373 e. The zero-order chi connectivity index (χ0) is 14.2. The Bertz CT molecular complexity index is 684. The Morgan fingerprint density at radius 3 is 2.86 bits per heavy atom. The third-order valence-electron chi connectivity index (χ3n) is 4.54. The van der Waals surface area contributed by atoms with Crippen LogP contribution in [-0.4, -0.2) is 17.0 Å². The van der Waals surface area contributed by atoms with E-state index in [0.717, 1.165) is 42.4 Å². The number of nitrogens with zero attached hydrogens (tertiary/aromatic N) is 2. The van der Waals surface area contributed by atoms with E-state index < -0.39 is 0 Å². The van der Waals surface area contributed by atoms with Crippen LogP contribution in [0.3, 0.4) is 0 Å². The fourth-order valence-corrected chi connectivity index (χ4v) is 4.42. The molecule has 0 fully saturated rings. The Balaban J connectivity index is 1.69. The zero-order valence-electron chi connectivity index (χ0n) is 12.2. The lowest BCUT2D eigenvalue weighted by molar-refractivity contribution is 0.553. The summed E-state index contributed by atoms with van der Waals surface area (Å²) in [7, 11) is 1.96. The molecule has 1 N–H and O–H groups in total. The quantitative estimate of drug-likeness (QED) is 0.920. The molecule has 1 aliphatic carbocycles. The van der Waals surface area contributed by atoms with Crippen LogP contribution in [0, 0.1) is 0 Å². The van der Waals surface area contributed by atoms with Gasteiger partial charge in [-0.2, -0.15) is 11.8 Å². The first-order valence-corrected chi connectivity index (χ1v) is 8.72. The van der Waals surface area contributed by atoms with Crippen LogP contribution in [0.1, 0.15) is 40.5 Å². The van der Waals surface area contributed by atoms with E-state index >= 15 is 0 Å². The molecule has 1 aromatic carbocycles. The van der Waals surface area contributed by atoms with Crippen molar-refractivity contribution in [2.24, 2.45) is 0 Å². The molecular weight excluding hydrogens is 278 g/mol. The van der Waals surface area contributed by atoms with Gasteiger partial charge in [-0.25, -0.2) is 9.97 Å². The van der Waals surface area contributed by atoms with Gasteiger partial charge in [0.1, 0.15) is 11.6 Å². The molecule has 2 aliphatic rings. The highest BCUT2D eigenvalue weighted by Crippen LogP contribution is 2.36. The number of anilines is 1. The van der Waals surface area contributed by atoms with E-state index in [-0.39, 0.29) is 0 Å². The number of fused-ring (bicyclic) bond motifs is 2. The highest BCUT2D eigenvalue weighted by atomic mass is 32.2. The molecule has 1 aliphatic heterocycles. The summed E-state index contributed by atoms with van der Waals surface area (Å²) in [6.07, 6.45) is 3.38. The van der Waals surface area contributed by atoms with E-state index in [1.54, 1.807) is 0 Å². The Hall–Kier alpha value is -1.55. The number of benzene rings is 1. The molecular formula is C17H19N3S. The molecule has 1 aromatic heterocycles. The number of nitrogens with one attached hydrogen (secondary N) is 1. The summed E-state index contributed by atoms with van der Waals surface area (Å²) in [5.41, 5.74) is 5.52. The van der Waals surface area contributed by atoms with Crippen molar-refractivity contribution >= 4 is 17.6 Å². The standard InChI is InChI=1S/C17H19N3S/c1-18-17-14-9-21-10-15(14)19-16(20-17)13-7-6-11-4-2-3-5-12(11)8-13/h2-5,13H,6-10H2,1H3,(H,18,19,20). The average Bonchev–Trinajstić information content (AvgIpc) is 3.02. The highest BCUT2D eigenvalue weighted by molar-refractivity contribution is 7.98. The summed E-state index contributed by atoms with van der Waals surface area (Å²) >= 11 is 1.93. The van der Waals surface area contributed by atoms with Crippen molar-refractivity contribution in [3.8, 4) is 0 Å². The average molecular weight is 297 g/mol. The van der Waals surface area contributed by atoms with Crippen LogP contribution in [0.4, 0.5) is 5.82 Å². The maximum atomic E-state index is 4.89. The second-order valence-electron chi connectivity index (χ2n) is 5.81. The molecule has 1 atom stereocenters. The third-order valence-corrected chi connectivity index (χ3v) is 5.51. The first kappa shape index (κ1) is 13.1. The molecule has 2 heterocycles. The van der Waals surface area contributed by atoms with E-state index in [4.69, 9.17) is 9.97 Å². The highest BCUT2D eigenvalue weighted by Gasteiger charge is 2.26. The van der Waals surface area contributed by atoms with Crippen molar-refractivity contribution in [3.05, 3.63) is 52.5 Å². The fourth-order valence-electron chi connectivity index (χ4n) is 3.38. The summed E-state index contributed by atoms with van der Waals surface area (Å²) in [5, 5.41) is 3.26. The molecule has 4 heteroatoms. The van der Waals surface area contributed by atoms with Crippen molar-refractivity contribution < 1.29 is 0 Å². The first-order chi connectivity index (χ1) is 10.3. The second-order valence-corrected chi connectivity index (χ2v) is 6.79. The van der Waals surface area contributed by atoms with Crippen LogP contribution >= 0.6 is 11.8 Å². The molecule has 0 bridgehead atoms. The van der Waals surface area contributed by atoms with E-state index in [0.29, 0.717) is 5.92 Å². The summed E-state index contributed by atoms with van der Waals surface area (Å²) in [5.74, 6) is 4.61. The number of aromatic nitrogens is 2. The van der Waals surface area contributed by atoms with Gasteiger partial charge in [-0.3, -0.25) is 0 Å². The molecule has 4 rings (SSSR count). The van der Waals surface area contributed by atoms with E-state index in [1.165, 1.54) is 22.4 Å². The molecule has 0 spiro atoms. The third kappa shape index (κ3) is 2.31. The number of hydrogen-bond donors (Lipinski definition) is 1. The topological polar surface area (TPSA) is 37.8 Å². The molecule has 0 radical (unpaired) electrons. The van der Waals surface area contributed by atoms with Crippen LogP contribution in [-0.2, 0) is 24.3 Å². The summed E-state index contributed by atoms with van der Waals surface area (Å²) in [6.45, 7) is 0. The smallest absolute Gasteiger partial charge is 0.134 e. The summed E-state index contributed by atoms with van der Waals surface area (Å²) in [6, 6.07) is 8.79. The molecule has 0 saturated heterocycles. The van der Waals surface area contributed by atoms with Crippen molar-refractivity contribution in [2.75, 3.05) is 12.4 Å². The van der Waals surface area contributed by atoms with E-state index in [1.807, 2.05) is 18.8 Å². The predicted molar refractivity (Wildman–Crippen MR) is 87.8 cm³/mol. The number of thioether (sulfide) groups is 1. The minimum Gasteiger partial charge on any atom is -0.373 e. The molecule has 2 aromatic rings. The number of rotatable bonds is 2. The van der Waals surface area contributed by atoms with Gasteiger partial charge in [-0.05, 0) is 30.4 Å². The van der Waals surface area contributed by atoms with Gasteiger partial charge in [-0.15, -0.1) is 0 Å². The Labute approximate surface area is 129 Å². The van der Waals surface area contributed by atoms with Gasteiger partial charge >= 0.3 is 0 Å². The van der Waals surface area contributed by atoms with E-state index in [2.05, 4.69) is 29.6 Å². The molecule has 108 valence electrons. The van der Waals surface area contributed by atoms with Crippen molar-refractivity contribution in [2.45, 2.75) is 36.7 Å². The van der Waals surface area contributed by atoms with Crippen LogP contribution in [0.15, 0.2) is 24.3 Å². The monoisotopic (exact) mass is 297 g/mol. The van der Waals surface area contributed by atoms with Gasteiger partial charge in [0.15, 0.2) is 0 Å². The fraction of sp³-hybridized carbons (Fsp3) is 0.412. The van der Waals surface area contributed by atoms with Gasteiger partial charge in [0, 0.05) is 30.0 Å². The van der Waals surface area contributed by atoms with Crippen molar-refractivity contribution in [1.29, 1.82) is 0 Å². The van der Waals surface area contributed by atoms with Gasteiger partial charge in [-0.1, -0.05) is 24.3 Å². The van der Waals surface area contributed by atoms with Crippen molar-refractivity contribution in [1.82, 2.24) is 9.97 Å². The van der Waals surface area contributed by atoms with Gasteiger partial charge in [0.25, 0.3) is 0 Å². The minimum atomic E-state index is 0.461. The Morgan fingerprint density at radius 2 is 2.00 bits per heavy atom. The van der Waals surface area contributed by atoms with Crippen LogP contribution in [0.25, 0.3) is 0 Å². The van der Waals surface area contributed by atoms with Crippen LogP contribution in [0.5, 0.6) is 0 Å².